The van der Waals surface area contributed by atoms with Crippen molar-refractivity contribution >= 4 is 59.4 Å². The summed E-state index contributed by atoms with van der Waals surface area (Å²) in [6.45, 7) is -0.496. The summed E-state index contributed by atoms with van der Waals surface area (Å²) >= 11 is 6.42. The Labute approximate surface area is 160 Å². The molecule has 2 rings (SSSR count). The van der Waals surface area contributed by atoms with Gasteiger partial charge in [-0.25, -0.2) is 8.42 Å². The van der Waals surface area contributed by atoms with Gasteiger partial charge in [0.25, 0.3) is 15.9 Å². The van der Waals surface area contributed by atoms with Gasteiger partial charge in [-0.3, -0.25) is 14.3 Å². The van der Waals surface area contributed by atoms with Crippen LogP contribution in [0.15, 0.2) is 56.3 Å². The average Bonchev–Trinajstić information content (AvgIpc) is 2.55. The predicted molar refractivity (Wildman–Crippen MR) is 99.1 cm³/mol. The van der Waals surface area contributed by atoms with Crippen molar-refractivity contribution in [1.29, 1.82) is 0 Å². The van der Waals surface area contributed by atoms with Crippen LogP contribution in [-0.2, 0) is 14.8 Å². The van der Waals surface area contributed by atoms with Gasteiger partial charge in [0.15, 0.2) is 0 Å². The number of nitrogens with one attached hydrogen (secondary N) is 2. The van der Waals surface area contributed by atoms with Crippen LogP contribution in [0.3, 0.4) is 0 Å². The molecule has 0 unspecified atom stereocenters. The highest BCUT2D eigenvalue weighted by atomic mass is 79.9. The third-order valence-electron chi connectivity index (χ3n) is 2.98. The average molecular weight is 492 g/mol. The highest BCUT2D eigenvalue weighted by molar-refractivity contribution is 9.11. The van der Waals surface area contributed by atoms with Crippen molar-refractivity contribution in [2.45, 2.75) is 4.90 Å². The van der Waals surface area contributed by atoms with Gasteiger partial charge in [0.1, 0.15) is 11.4 Å². The van der Waals surface area contributed by atoms with Gasteiger partial charge < -0.3 is 10.4 Å². The summed E-state index contributed by atoms with van der Waals surface area (Å²) in [5, 5.41) is 10.7. The Kier molecular flexibility index (Phi) is 6.20. The number of hydrogen-bond acceptors (Lipinski definition) is 4. The first kappa shape index (κ1) is 19.4. The molecule has 0 saturated carbocycles. The second kappa shape index (κ2) is 7.98. The quantitative estimate of drug-likeness (QED) is 0.575. The van der Waals surface area contributed by atoms with Crippen molar-refractivity contribution in [1.82, 2.24) is 5.32 Å². The van der Waals surface area contributed by atoms with E-state index >= 15 is 0 Å². The van der Waals surface area contributed by atoms with Gasteiger partial charge in [0, 0.05) is 20.2 Å². The third-order valence-corrected chi connectivity index (χ3v) is 5.85. The van der Waals surface area contributed by atoms with E-state index in [1.165, 1.54) is 30.3 Å². The van der Waals surface area contributed by atoms with Gasteiger partial charge in [-0.15, -0.1) is 0 Å². The highest BCUT2D eigenvalue weighted by Crippen LogP contribution is 2.27. The van der Waals surface area contributed by atoms with Gasteiger partial charge >= 0.3 is 5.97 Å². The summed E-state index contributed by atoms with van der Waals surface area (Å²) in [6, 6.07) is 10.4. The van der Waals surface area contributed by atoms with E-state index in [0.717, 1.165) is 0 Å². The van der Waals surface area contributed by atoms with Gasteiger partial charge in [-0.2, -0.15) is 0 Å². The molecule has 0 aliphatic heterocycles. The maximum atomic E-state index is 12.5. The molecule has 132 valence electrons. The fraction of sp³-hybridized carbons (Fsp3) is 0.0667. The van der Waals surface area contributed by atoms with Crippen LogP contribution >= 0.6 is 31.9 Å². The number of carbonyl (C=O) groups excluding carboxylic acids is 1. The second-order valence-corrected chi connectivity index (χ2v) is 8.25. The van der Waals surface area contributed by atoms with Crippen LogP contribution in [0.25, 0.3) is 0 Å². The van der Waals surface area contributed by atoms with E-state index in [1.54, 1.807) is 12.1 Å². The van der Waals surface area contributed by atoms with Crippen molar-refractivity contribution in [2.24, 2.45) is 0 Å². The van der Waals surface area contributed by atoms with Crippen LogP contribution in [0.1, 0.15) is 10.4 Å². The molecule has 0 bridgehead atoms. The molecule has 1 amide bonds. The first-order valence-electron chi connectivity index (χ1n) is 6.77. The normalized spacial score (nSPS) is 11.0. The molecule has 0 atom stereocenters. The van der Waals surface area contributed by atoms with Crippen molar-refractivity contribution in [2.75, 3.05) is 11.3 Å². The first-order valence-corrected chi connectivity index (χ1v) is 9.84. The van der Waals surface area contributed by atoms with E-state index < -0.39 is 28.4 Å². The molecule has 25 heavy (non-hydrogen) atoms. The van der Waals surface area contributed by atoms with Crippen LogP contribution in [0, 0.1) is 0 Å². The van der Waals surface area contributed by atoms with E-state index in [0.29, 0.717) is 8.95 Å². The predicted octanol–water partition coefficient (Wildman–Crippen LogP) is 2.83. The van der Waals surface area contributed by atoms with Crippen molar-refractivity contribution in [3.05, 3.63) is 57.0 Å². The minimum atomic E-state index is -3.83. The summed E-state index contributed by atoms with van der Waals surface area (Å²) in [5.74, 6) is -1.72. The maximum Gasteiger partial charge on any atom is 0.322 e. The molecular formula is C15H12Br2N2O5S. The molecule has 0 aliphatic rings. The minimum Gasteiger partial charge on any atom is -0.480 e. The minimum absolute atomic E-state index is 0.0603. The molecule has 0 radical (unpaired) electrons. The first-order chi connectivity index (χ1) is 11.7. The number of carboxylic acid groups (broad SMARTS) is 1. The summed E-state index contributed by atoms with van der Waals surface area (Å²) in [5.41, 5.74) is 0.481. The summed E-state index contributed by atoms with van der Waals surface area (Å²) < 4.78 is 28.4. The zero-order valence-electron chi connectivity index (χ0n) is 12.5. The number of aliphatic carboxylic acids is 1. The number of amides is 1. The van der Waals surface area contributed by atoms with E-state index in [2.05, 4.69) is 41.9 Å². The van der Waals surface area contributed by atoms with Crippen molar-refractivity contribution < 1.29 is 23.1 Å². The fourth-order valence-electron chi connectivity index (χ4n) is 1.84. The number of hydrogen-bond donors (Lipinski definition) is 3. The lowest BCUT2D eigenvalue weighted by atomic mass is 10.2. The monoisotopic (exact) mass is 490 g/mol. The zero-order chi connectivity index (χ0) is 18.6. The third kappa shape index (κ3) is 5.28. The molecular weight excluding hydrogens is 480 g/mol. The molecule has 0 aromatic heterocycles. The Balaban J connectivity index is 2.16. The number of halogens is 2. The van der Waals surface area contributed by atoms with Crippen molar-refractivity contribution in [3.63, 3.8) is 0 Å². The number of carboxylic acids is 1. The number of rotatable bonds is 6. The fourth-order valence-corrected chi connectivity index (χ4v) is 4.40. The molecule has 0 fully saturated rings. The molecule has 0 heterocycles. The van der Waals surface area contributed by atoms with Crippen LogP contribution in [0.4, 0.5) is 5.69 Å². The standard InChI is InChI=1S/C15H12Br2N2O5S/c16-10-3-6-12(17)13(7-10)25(23,24)19-11-4-1-9(2-5-11)15(22)18-8-14(20)21/h1-7,19H,8H2,(H,18,22)(H,20,21). The van der Waals surface area contributed by atoms with Crippen LogP contribution in [0.2, 0.25) is 0 Å². The molecule has 0 spiro atoms. The molecule has 2 aromatic carbocycles. The summed E-state index contributed by atoms with van der Waals surface area (Å²) in [7, 11) is -3.83. The summed E-state index contributed by atoms with van der Waals surface area (Å²) in [4.78, 5) is 22.2. The van der Waals surface area contributed by atoms with Gasteiger partial charge in [-0.1, -0.05) is 15.9 Å². The molecule has 10 heteroatoms. The van der Waals surface area contributed by atoms with E-state index in [-0.39, 0.29) is 16.1 Å². The van der Waals surface area contributed by atoms with E-state index in [9.17, 15) is 18.0 Å². The smallest absolute Gasteiger partial charge is 0.322 e. The molecule has 0 aliphatic carbocycles. The highest BCUT2D eigenvalue weighted by Gasteiger charge is 2.18. The lowest BCUT2D eigenvalue weighted by Crippen LogP contribution is -2.29. The van der Waals surface area contributed by atoms with Crippen LogP contribution < -0.4 is 10.0 Å². The topological polar surface area (TPSA) is 113 Å². The Morgan fingerprint density at radius 3 is 2.28 bits per heavy atom. The van der Waals surface area contributed by atoms with Gasteiger partial charge in [-0.05, 0) is 58.4 Å². The van der Waals surface area contributed by atoms with E-state index in [1.807, 2.05) is 0 Å². The second-order valence-electron chi connectivity index (χ2n) is 4.83. The van der Waals surface area contributed by atoms with Gasteiger partial charge in [0.2, 0.25) is 0 Å². The van der Waals surface area contributed by atoms with Crippen LogP contribution in [-0.4, -0.2) is 31.9 Å². The Hall–Kier alpha value is -1.91. The Morgan fingerprint density at radius 2 is 1.68 bits per heavy atom. The zero-order valence-corrected chi connectivity index (χ0v) is 16.5. The van der Waals surface area contributed by atoms with Gasteiger partial charge in [0.05, 0.1) is 0 Å². The number of sulfonamides is 1. The molecule has 2 aromatic rings. The number of anilines is 1. The molecule has 0 saturated heterocycles. The largest absolute Gasteiger partial charge is 0.480 e. The van der Waals surface area contributed by atoms with E-state index in [4.69, 9.17) is 5.11 Å². The maximum absolute atomic E-state index is 12.5. The molecule has 3 N–H and O–H groups in total. The summed E-state index contributed by atoms with van der Waals surface area (Å²) in [6.07, 6.45) is 0. The van der Waals surface area contributed by atoms with Crippen molar-refractivity contribution in [3.8, 4) is 0 Å². The Bertz CT molecular complexity index is 914. The lowest BCUT2D eigenvalue weighted by Gasteiger charge is -2.10. The number of carbonyl (C=O) groups is 2. The SMILES string of the molecule is O=C(O)CNC(=O)c1ccc(NS(=O)(=O)c2cc(Br)ccc2Br)cc1. The van der Waals surface area contributed by atoms with Crippen LogP contribution in [0.5, 0.6) is 0 Å². The molecule has 7 nitrogen and oxygen atoms in total. The number of benzene rings is 2. The Morgan fingerprint density at radius 1 is 1.04 bits per heavy atom. The lowest BCUT2D eigenvalue weighted by molar-refractivity contribution is -0.135.